The lowest BCUT2D eigenvalue weighted by atomic mass is 10.1. The van der Waals surface area contributed by atoms with Crippen LogP contribution in [0.4, 0.5) is 5.69 Å². The van der Waals surface area contributed by atoms with Crippen molar-refractivity contribution < 1.29 is 0 Å². The van der Waals surface area contributed by atoms with Crippen molar-refractivity contribution in [1.82, 2.24) is 0 Å². The summed E-state index contributed by atoms with van der Waals surface area (Å²) in [6, 6.07) is 9.66. The Morgan fingerprint density at radius 1 is 1.29 bits per heavy atom. The lowest BCUT2D eigenvalue weighted by molar-refractivity contribution is 1.70. The first-order valence-electron chi connectivity index (χ1n) is 3.98. The molecule has 0 saturated carbocycles. The Bertz CT molecular complexity index is 543. The minimum atomic E-state index is 0.477. The highest BCUT2D eigenvalue weighted by Crippen LogP contribution is 2.39. The Hall–Kier alpha value is -1.04. The fraction of sp³-hybridized carbons (Fsp3) is 0. The van der Waals surface area contributed by atoms with E-state index in [9.17, 15) is 0 Å². The van der Waals surface area contributed by atoms with E-state index >= 15 is 0 Å². The van der Waals surface area contributed by atoms with Crippen LogP contribution in [0.25, 0.3) is 15.6 Å². The minimum Gasteiger partial charge on any atom is -0.235 e. The quantitative estimate of drug-likeness (QED) is 0.603. The van der Waals surface area contributed by atoms with Crippen molar-refractivity contribution in [3.63, 3.8) is 0 Å². The molecule has 0 fully saturated rings. The van der Waals surface area contributed by atoms with Gasteiger partial charge in [-0.1, -0.05) is 57.9 Å². The van der Waals surface area contributed by atoms with Gasteiger partial charge in [0.1, 0.15) is 0 Å². The molecule has 2 aromatic carbocycles. The number of rotatable bonds is 0. The molecule has 0 radical (unpaired) electrons. The summed E-state index contributed by atoms with van der Waals surface area (Å²) in [5.74, 6) is 0. The highest BCUT2D eigenvalue weighted by atomic mass is 79.9. The molecule has 2 rings (SSSR count). The molecule has 0 aliphatic carbocycles. The fourth-order valence-electron chi connectivity index (χ4n) is 1.36. The number of hydrogen-bond acceptors (Lipinski definition) is 0. The molecule has 3 heteroatoms. The molecular weight excluding hydrogens is 261 g/mol. The molecule has 0 spiro atoms. The first kappa shape index (κ1) is 9.51. The second-order valence-corrected chi connectivity index (χ2v) is 4.09. The molecule has 68 valence electrons. The SMILES string of the molecule is [C-]#[N+]c1c(Br)cc2ccccc2c1Cl. The highest BCUT2D eigenvalue weighted by Gasteiger charge is 2.09. The Morgan fingerprint density at radius 2 is 2.00 bits per heavy atom. The predicted molar refractivity (Wildman–Crippen MR) is 62.9 cm³/mol. The Labute approximate surface area is 95.3 Å². The second-order valence-electron chi connectivity index (χ2n) is 2.85. The van der Waals surface area contributed by atoms with Crippen molar-refractivity contribution in [2.24, 2.45) is 0 Å². The molecule has 2 aromatic rings. The molecule has 1 nitrogen and oxygen atoms in total. The highest BCUT2D eigenvalue weighted by molar-refractivity contribution is 9.10. The van der Waals surface area contributed by atoms with E-state index < -0.39 is 0 Å². The summed E-state index contributed by atoms with van der Waals surface area (Å²) in [5.41, 5.74) is 0.477. The van der Waals surface area contributed by atoms with Gasteiger partial charge in [0.15, 0.2) is 0 Å². The third kappa shape index (κ3) is 1.39. The molecule has 0 heterocycles. The topological polar surface area (TPSA) is 4.36 Å². The van der Waals surface area contributed by atoms with E-state index in [4.69, 9.17) is 18.2 Å². The van der Waals surface area contributed by atoms with Gasteiger partial charge in [0, 0.05) is 4.47 Å². The molecule has 0 aromatic heterocycles. The van der Waals surface area contributed by atoms with Crippen LogP contribution in [0.3, 0.4) is 0 Å². The Balaban J connectivity index is 2.95. The molecule has 0 aliphatic heterocycles. The maximum atomic E-state index is 7.01. The van der Waals surface area contributed by atoms with Crippen molar-refractivity contribution in [3.8, 4) is 0 Å². The molecule has 14 heavy (non-hydrogen) atoms. The van der Waals surface area contributed by atoms with E-state index in [1.165, 1.54) is 0 Å². The van der Waals surface area contributed by atoms with Gasteiger partial charge in [-0.2, -0.15) is 0 Å². The summed E-state index contributed by atoms with van der Waals surface area (Å²) in [6.45, 7) is 7.01. The number of fused-ring (bicyclic) bond motifs is 1. The van der Waals surface area contributed by atoms with Crippen LogP contribution in [0.1, 0.15) is 0 Å². The maximum absolute atomic E-state index is 7.01. The third-order valence-electron chi connectivity index (χ3n) is 2.03. The van der Waals surface area contributed by atoms with Gasteiger partial charge in [0.05, 0.1) is 11.6 Å². The standard InChI is InChI=1S/C11H5BrClN/c1-14-11-9(12)6-7-4-2-3-5-8(7)10(11)13/h2-6H. The zero-order valence-corrected chi connectivity index (χ0v) is 9.43. The van der Waals surface area contributed by atoms with E-state index in [1.54, 1.807) is 0 Å². The van der Waals surface area contributed by atoms with Crippen molar-refractivity contribution in [1.29, 1.82) is 0 Å². The summed E-state index contributed by atoms with van der Waals surface area (Å²) in [4.78, 5) is 3.39. The van der Waals surface area contributed by atoms with Gasteiger partial charge in [-0.05, 0) is 10.8 Å². The number of halogens is 2. The third-order valence-corrected chi connectivity index (χ3v) is 3.01. The average molecular weight is 267 g/mol. The summed E-state index contributed by atoms with van der Waals surface area (Å²) < 4.78 is 0.746. The van der Waals surface area contributed by atoms with E-state index in [2.05, 4.69) is 20.8 Å². The van der Waals surface area contributed by atoms with Gasteiger partial charge in [-0.25, -0.2) is 4.85 Å². The Kier molecular flexibility index (Phi) is 2.45. The normalized spacial score (nSPS) is 10.1. The summed E-state index contributed by atoms with van der Waals surface area (Å²) in [7, 11) is 0. The number of nitrogens with zero attached hydrogens (tertiary/aromatic N) is 1. The molecular formula is C11H5BrClN. The van der Waals surface area contributed by atoms with E-state index in [1.807, 2.05) is 30.3 Å². The van der Waals surface area contributed by atoms with Crippen molar-refractivity contribution in [3.05, 3.63) is 51.2 Å². The first-order chi connectivity index (χ1) is 6.74. The lowest BCUT2D eigenvalue weighted by Crippen LogP contribution is -1.76. The van der Waals surface area contributed by atoms with Crippen LogP contribution in [0, 0.1) is 6.57 Å². The van der Waals surface area contributed by atoms with Gasteiger partial charge in [0.25, 0.3) is 0 Å². The van der Waals surface area contributed by atoms with Gasteiger partial charge in [0.2, 0.25) is 5.69 Å². The second kappa shape index (κ2) is 3.61. The van der Waals surface area contributed by atoms with Crippen LogP contribution in [-0.4, -0.2) is 0 Å². The molecule has 0 bridgehead atoms. The number of benzene rings is 2. The van der Waals surface area contributed by atoms with Crippen molar-refractivity contribution >= 4 is 44.0 Å². The van der Waals surface area contributed by atoms with Gasteiger partial charge >= 0.3 is 0 Å². The van der Waals surface area contributed by atoms with Crippen LogP contribution in [0.5, 0.6) is 0 Å². The molecule has 0 atom stereocenters. The van der Waals surface area contributed by atoms with Gasteiger partial charge < -0.3 is 0 Å². The van der Waals surface area contributed by atoms with E-state index in [0.29, 0.717) is 10.7 Å². The zero-order chi connectivity index (χ0) is 10.1. The molecule has 0 saturated heterocycles. The van der Waals surface area contributed by atoms with Gasteiger partial charge in [-0.3, -0.25) is 0 Å². The number of hydrogen-bond donors (Lipinski definition) is 0. The lowest BCUT2D eigenvalue weighted by Gasteiger charge is -2.04. The van der Waals surface area contributed by atoms with Crippen LogP contribution in [0.15, 0.2) is 34.8 Å². The van der Waals surface area contributed by atoms with E-state index in [0.717, 1.165) is 15.2 Å². The summed E-state index contributed by atoms with van der Waals surface area (Å²) in [5, 5.41) is 2.48. The van der Waals surface area contributed by atoms with Crippen molar-refractivity contribution in [2.75, 3.05) is 0 Å². The molecule has 0 N–H and O–H groups in total. The van der Waals surface area contributed by atoms with Crippen LogP contribution >= 0.6 is 27.5 Å². The van der Waals surface area contributed by atoms with Crippen LogP contribution < -0.4 is 0 Å². The van der Waals surface area contributed by atoms with Crippen molar-refractivity contribution in [2.45, 2.75) is 0 Å². The largest absolute Gasteiger partial charge is 0.235 e. The van der Waals surface area contributed by atoms with E-state index in [-0.39, 0.29) is 0 Å². The molecule has 0 aliphatic rings. The summed E-state index contributed by atoms with van der Waals surface area (Å²) in [6.07, 6.45) is 0. The fourth-order valence-corrected chi connectivity index (χ4v) is 2.33. The predicted octanol–water partition coefficient (Wildman–Crippen LogP) is 4.81. The average Bonchev–Trinajstić information content (AvgIpc) is 2.18. The summed E-state index contributed by atoms with van der Waals surface area (Å²) >= 11 is 9.43. The van der Waals surface area contributed by atoms with Crippen LogP contribution in [-0.2, 0) is 0 Å². The monoisotopic (exact) mass is 265 g/mol. The smallest absolute Gasteiger partial charge is 0.219 e. The van der Waals surface area contributed by atoms with Crippen LogP contribution in [0.2, 0.25) is 5.02 Å². The first-order valence-corrected chi connectivity index (χ1v) is 5.15. The minimum absolute atomic E-state index is 0.477. The molecule has 0 amide bonds. The van der Waals surface area contributed by atoms with Gasteiger partial charge in [-0.15, -0.1) is 0 Å². The maximum Gasteiger partial charge on any atom is 0.219 e. The molecule has 0 unspecified atom stereocenters. The Morgan fingerprint density at radius 3 is 2.71 bits per heavy atom. The zero-order valence-electron chi connectivity index (χ0n) is 7.09.